The SMILES string of the molecule is O=C(Nc1ccc2nc(-c3cccc4c3OCO4)[nH]c2c1)c1ccc(N2CCCC2)nc1. The summed E-state index contributed by atoms with van der Waals surface area (Å²) >= 11 is 0. The highest BCUT2D eigenvalue weighted by Gasteiger charge is 2.20. The number of benzene rings is 2. The van der Waals surface area contributed by atoms with E-state index in [4.69, 9.17) is 9.47 Å². The molecule has 0 atom stereocenters. The zero-order valence-corrected chi connectivity index (χ0v) is 17.3. The number of aromatic amines is 1. The number of H-pyrrole nitrogens is 1. The van der Waals surface area contributed by atoms with E-state index in [-0.39, 0.29) is 12.7 Å². The number of anilines is 2. The Bertz CT molecular complexity index is 1310. The molecule has 0 bridgehead atoms. The van der Waals surface area contributed by atoms with E-state index in [1.807, 2.05) is 48.5 Å². The number of aromatic nitrogens is 3. The average molecular weight is 427 g/mol. The molecule has 8 nitrogen and oxygen atoms in total. The number of hydrogen-bond acceptors (Lipinski definition) is 6. The van der Waals surface area contributed by atoms with E-state index < -0.39 is 0 Å². The van der Waals surface area contributed by atoms with Gasteiger partial charge in [0, 0.05) is 25.0 Å². The van der Waals surface area contributed by atoms with Crippen LogP contribution in [0.4, 0.5) is 11.5 Å². The number of nitrogens with one attached hydrogen (secondary N) is 2. The third kappa shape index (κ3) is 3.30. The van der Waals surface area contributed by atoms with Gasteiger partial charge < -0.3 is 24.7 Å². The molecule has 2 aromatic carbocycles. The first-order valence-corrected chi connectivity index (χ1v) is 10.7. The highest BCUT2D eigenvalue weighted by molar-refractivity contribution is 6.05. The van der Waals surface area contributed by atoms with Crippen molar-refractivity contribution in [3.63, 3.8) is 0 Å². The maximum atomic E-state index is 12.7. The van der Waals surface area contributed by atoms with Crippen molar-refractivity contribution in [2.24, 2.45) is 0 Å². The summed E-state index contributed by atoms with van der Waals surface area (Å²) in [5.74, 6) is 2.81. The summed E-state index contributed by atoms with van der Waals surface area (Å²) in [4.78, 5) is 27.4. The number of ether oxygens (including phenoxy) is 2. The van der Waals surface area contributed by atoms with Gasteiger partial charge in [-0.05, 0) is 55.3 Å². The van der Waals surface area contributed by atoms with E-state index in [9.17, 15) is 4.79 Å². The van der Waals surface area contributed by atoms with Gasteiger partial charge in [-0.2, -0.15) is 0 Å². The van der Waals surface area contributed by atoms with Gasteiger partial charge in [-0.15, -0.1) is 0 Å². The summed E-state index contributed by atoms with van der Waals surface area (Å²) in [7, 11) is 0. The minimum atomic E-state index is -0.198. The predicted molar refractivity (Wildman–Crippen MR) is 121 cm³/mol. The number of carbonyl (C=O) groups excluding carboxylic acids is 1. The molecule has 1 fully saturated rings. The van der Waals surface area contributed by atoms with Crippen LogP contribution in [0.3, 0.4) is 0 Å². The monoisotopic (exact) mass is 427 g/mol. The number of amides is 1. The summed E-state index contributed by atoms with van der Waals surface area (Å²) in [6.45, 7) is 2.25. The number of imidazole rings is 1. The molecular formula is C24H21N5O3. The number of nitrogens with zero attached hydrogens (tertiary/aromatic N) is 3. The van der Waals surface area contributed by atoms with Crippen molar-refractivity contribution in [2.45, 2.75) is 12.8 Å². The molecule has 0 saturated carbocycles. The maximum absolute atomic E-state index is 12.7. The molecule has 0 aliphatic carbocycles. The molecule has 0 spiro atoms. The quantitative estimate of drug-likeness (QED) is 0.507. The van der Waals surface area contributed by atoms with Gasteiger partial charge in [0.25, 0.3) is 5.91 Å². The molecule has 4 heterocycles. The van der Waals surface area contributed by atoms with Gasteiger partial charge in [0.15, 0.2) is 11.5 Å². The minimum Gasteiger partial charge on any atom is -0.454 e. The number of carbonyl (C=O) groups is 1. The van der Waals surface area contributed by atoms with Crippen molar-refractivity contribution in [3.05, 3.63) is 60.3 Å². The van der Waals surface area contributed by atoms with Crippen LogP contribution in [0.2, 0.25) is 0 Å². The van der Waals surface area contributed by atoms with Crippen LogP contribution in [0, 0.1) is 0 Å². The van der Waals surface area contributed by atoms with Crippen molar-refractivity contribution >= 4 is 28.4 Å². The molecule has 160 valence electrons. The minimum absolute atomic E-state index is 0.198. The van der Waals surface area contributed by atoms with Crippen LogP contribution in [-0.2, 0) is 0 Å². The van der Waals surface area contributed by atoms with Crippen molar-refractivity contribution in [1.29, 1.82) is 0 Å². The molecule has 2 aliphatic rings. The van der Waals surface area contributed by atoms with E-state index in [0.717, 1.165) is 35.5 Å². The molecular weight excluding hydrogens is 406 g/mol. The van der Waals surface area contributed by atoms with Crippen LogP contribution in [0.5, 0.6) is 11.5 Å². The zero-order chi connectivity index (χ0) is 21.5. The first-order chi connectivity index (χ1) is 15.7. The van der Waals surface area contributed by atoms with Crippen LogP contribution in [0.15, 0.2) is 54.7 Å². The van der Waals surface area contributed by atoms with Crippen LogP contribution in [0.25, 0.3) is 22.4 Å². The van der Waals surface area contributed by atoms with E-state index in [1.54, 1.807) is 6.20 Å². The van der Waals surface area contributed by atoms with Gasteiger partial charge >= 0.3 is 0 Å². The topological polar surface area (TPSA) is 92.4 Å². The van der Waals surface area contributed by atoms with Gasteiger partial charge in [0.2, 0.25) is 6.79 Å². The lowest BCUT2D eigenvalue weighted by Crippen LogP contribution is -2.19. The van der Waals surface area contributed by atoms with Gasteiger partial charge in [0.1, 0.15) is 11.6 Å². The van der Waals surface area contributed by atoms with E-state index in [1.165, 1.54) is 12.8 Å². The van der Waals surface area contributed by atoms with Gasteiger partial charge in [-0.1, -0.05) is 6.07 Å². The normalized spacial score (nSPS) is 14.8. The Labute approximate surface area is 184 Å². The van der Waals surface area contributed by atoms with E-state index in [2.05, 4.69) is 25.2 Å². The second-order valence-corrected chi connectivity index (χ2v) is 7.91. The van der Waals surface area contributed by atoms with Crippen LogP contribution in [-0.4, -0.2) is 40.7 Å². The van der Waals surface area contributed by atoms with Crippen LogP contribution < -0.4 is 19.7 Å². The lowest BCUT2D eigenvalue weighted by Gasteiger charge is -2.16. The number of hydrogen-bond donors (Lipinski definition) is 2. The van der Waals surface area contributed by atoms with Crippen molar-refractivity contribution in [3.8, 4) is 22.9 Å². The Morgan fingerprint density at radius 1 is 1.06 bits per heavy atom. The zero-order valence-electron chi connectivity index (χ0n) is 17.3. The summed E-state index contributed by atoms with van der Waals surface area (Å²) in [5, 5.41) is 2.95. The summed E-state index contributed by atoms with van der Waals surface area (Å²) < 4.78 is 11.1. The van der Waals surface area contributed by atoms with Gasteiger partial charge in [-0.3, -0.25) is 4.79 Å². The standard InChI is InChI=1S/C24H21N5O3/c30-24(15-6-9-21(25-13-15)29-10-1-2-11-29)26-16-7-8-18-19(12-16)28-23(27-18)17-4-3-5-20-22(17)32-14-31-20/h3-9,12-13H,1-2,10-11,14H2,(H,26,30)(H,27,28). The second kappa shape index (κ2) is 7.56. The van der Waals surface area contributed by atoms with Crippen LogP contribution >= 0.6 is 0 Å². The van der Waals surface area contributed by atoms with E-state index in [0.29, 0.717) is 28.6 Å². The lowest BCUT2D eigenvalue weighted by atomic mass is 10.2. The third-order valence-electron chi connectivity index (χ3n) is 5.83. The lowest BCUT2D eigenvalue weighted by molar-refractivity contribution is 0.102. The van der Waals surface area contributed by atoms with Crippen LogP contribution in [0.1, 0.15) is 23.2 Å². The Kier molecular flexibility index (Phi) is 4.41. The predicted octanol–water partition coefficient (Wildman–Crippen LogP) is 4.21. The highest BCUT2D eigenvalue weighted by atomic mass is 16.7. The number of pyridine rings is 1. The molecule has 1 saturated heterocycles. The fourth-order valence-electron chi connectivity index (χ4n) is 4.19. The maximum Gasteiger partial charge on any atom is 0.257 e. The molecule has 4 aromatic rings. The molecule has 2 N–H and O–H groups in total. The summed E-state index contributed by atoms with van der Waals surface area (Å²) in [5.41, 5.74) is 3.66. The Balaban J connectivity index is 1.22. The largest absolute Gasteiger partial charge is 0.454 e. The number of rotatable bonds is 4. The van der Waals surface area contributed by atoms with Crippen molar-refractivity contribution in [1.82, 2.24) is 15.0 Å². The summed E-state index contributed by atoms with van der Waals surface area (Å²) in [6.07, 6.45) is 4.01. The van der Waals surface area contributed by atoms with Crippen molar-refractivity contribution < 1.29 is 14.3 Å². The molecule has 2 aromatic heterocycles. The first-order valence-electron chi connectivity index (χ1n) is 10.7. The molecule has 2 aliphatic heterocycles. The smallest absolute Gasteiger partial charge is 0.257 e. The second-order valence-electron chi connectivity index (χ2n) is 7.91. The molecule has 6 rings (SSSR count). The molecule has 8 heteroatoms. The Morgan fingerprint density at radius 3 is 2.81 bits per heavy atom. The molecule has 32 heavy (non-hydrogen) atoms. The fourth-order valence-corrected chi connectivity index (χ4v) is 4.19. The number of fused-ring (bicyclic) bond motifs is 2. The molecule has 0 unspecified atom stereocenters. The van der Waals surface area contributed by atoms with E-state index >= 15 is 0 Å². The average Bonchev–Trinajstić information content (AvgIpc) is 3.59. The molecule has 1 amide bonds. The van der Waals surface area contributed by atoms with Gasteiger partial charge in [-0.25, -0.2) is 9.97 Å². The highest BCUT2D eigenvalue weighted by Crippen LogP contribution is 2.40. The number of para-hydroxylation sites is 1. The first kappa shape index (κ1) is 18.7. The van der Waals surface area contributed by atoms with Gasteiger partial charge in [0.05, 0.1) is 22.2 Å². The third-order valence-corrected chi connectivity index (χ3v) is 5.83. The Morgan fingerprint density at radius 2 is 1.97 bits per heavy atom. The Hall–Kier alpha value is -4.07. The fraction of sp³-hybridized carbons (Fsp3) is 0.208. The van der Waals surface area contributed by atoms with Crippen molar-refractivity contribution in [2.75, 3.05) is 30.1 Å². The summed E-state index contributed by atoms with van der Waals surface area (Å²) in [6, 6.07) is 15.0. The molecule has 0 radical (unpaired) electrons.